The highest BCUT2D eigenvalue weighted by Gasteiger charge is 2.38. The van der Waals surface area contributed by atoms with Crippen molar-refractivity contribution in [1.29, 1.82) is 0 Å². The van der Waals surface area contributed by atoms with Crippen molar-refractivity contribution in [3.63, 3.8) is 0 Å². The number of benzene rings is 1. The van der Waals surface area contributed by atoms with Crippen LogP contribution in [0.3, 0.4) is 0 Å². The number of carbonyl (C=O) groups excluding carboxylic acids is 2. The molecule has 1 aromatic carbocycles. The van der Waals surface area contributed by atoms with Crippen molar-refractivity contribution in [2.45, 2.75) is 76.4 Å². The van der Waals surface area contributed by atoms with Gasteiger partial charge in [-0.3, -0.25) is 9.59 Å². The van der Waals surface area contributed by atoms with Crippen molar-refractivity contribution in [2.24, 2.45) is 0 Å². The number of carbonyl (C=O) groups is 2. The molecule has 3 aliphatic rings. The molecule has 1 saturated carbocycles. The number of para-hydroxylation sites is 1. The van der Waals surface area contributed by atoms with Crippen LogP contribution in [0.2, 0.25) is 0 Å². The van der Waals surface area contributed by atoms with Crippen LogP contribution in [-0.2, 0) is 4.79 Å². The first-order chi connectivity index (χ1) is 18.3. The van der Waals surface area contributed by atoms with E-state index in [1.165, 1.54) is 17.4 Å². The van der Waals surface area contributed by atoms with Crippen molar-refractivity contribution in [3.05, 3.63) is 47.4 Å². The van der Waals surface area contributed by atoms with Crippen LogP contribution in [0.4, 0.5) is 22.1 Å². The lowest BCUT2D eigenvalue weighted by atomic mass is 9.91. The summed E-state index contributed by atoms with van der Waals surface area (Å²) in [5, 5.41) is 30.7. The lowest BCUT2D eigenvalue weighted by Gasteiger charge is -2.38. The van der Waals surface area contributed by atoms with E-state index < -0.39 is 12.4 Å². The molecule has 2 fully saturated rings. The monoisotopic (exact) mass is 539 g/mol. The number of nitrogens with one attached hydrogen (secondary N) is 3. The third-order valence-electron chi connectivity index (χ3n) is 7.71. The van der Waals surface area contributed by atoms with Crippen molar-refractivity contribution in [3.8, 4) is 0 Å². The molecule has 10 heteroatoms. The predicted octanol–water partition coefficient (Wildman–Crippen LogP) is 3.78. The molecule has 1 saturated heterocycles. The first kappa shape index (κ1) is 26.5. The largest absolute Gasteiger partial charge is 0.393 e. The third-order valence-corrected chi connectivity index (χ3v) is 8.90. The lowest BCUT2D eigenvalue weighted by molar-refractivity contribution is -0.111. The van der Waals surface area contributed by atoms with Gasteiger partial charge in [0.15, 0.2) is 6.29 Å². The topological polar surface area (TPSA) is 117 Å². The highest BCUT2D eigenvalue weighted by Crippen LogP contribution is 2.42. The number of β-amino-alcohol motifs (C(OH)–C–C–N with tert-alkyl or cyclic N) is 1. The van der Waals surface area contributed by atoms with Gasteiger partial charge in [0.05, 0.1) is 34.1 Å². The Bertz CT molecular complexity index is 1190. The summed E-state index contributed by atoms with van der Waals surface area (Å²) < 4.78 is 0. The van der Waals surface area contributed by atoms with E-state index in [0.29, 0.717) is 17.1 Å². The Morgan fingerprint density at radius 1 is 1.13 bits per heavy atom. The second kappa shape index (κ2) is 11.3. The van der Waals surface area contributed by atoms with Crippen molar-refractivity contribution in [1.82, 2.24) is 5.32 Å². The number of aliphatic hydroxyl groups excluding tert-OH is 2. The van der Waals surface area contributed by atoms with Crippen LogP contribution in [0.5, 0.6) is 0 Å². The number of hydrogen-bond donors (Lipinski definition) is 5. The summed E-state index contributed by atoms with van der Waals surface area (Å²) in [5.41, 5.74) is 3.75. The summed E-state index contributed by atoms with van der Waals surface area (Å²) in [7, 11) is 0. The predicted molar refractivity (Wildman–Crippen MR) is 152 cm³/mol. The molecule has 0 radical (unpaired) electrons. The molecular formula is C28H37N5O4S. The highest BCUT2D eigenvalue weighted by molar-refractivity contribution is 7.18. The Labute approximate surface area is 227 Å². The SMILES string of the molecule is C=CC(=O)Nc1cc(C(=O)NC2Nc3cccc(C)c3N2C2CCC(O)CC2)sc1N1CCCC[C@H](O)C1. The van der Waals surface area contributed by atoms with Crippen LogP contribution in [-0.4, -0.2) is 59.7 Å². The fourth-order valence-electron chi connectivity index (χ4n) is 5.80. The molecular weight excluding hydrogens is 502 g/mol. The van der Waals surface area contributed by atoms with Crippen LogP contribution < -0.4 is 25.8 Å². The van der Waals surface area contributed by atoms with E-state index >= 15 is 0 Å². The molecule has 1 unspecified atom stereocenters. The van der Waals surface area contributed by atoms with Crippen LogP contribution in [0.1, 0.15) is 60.2 Å². The van der Waals surface area contributed by atoms with Gasteiger partial charge in [0.25, 0.3) is 5.91 Å². The van der Waals surface area contributed by atoms with E-state index in [9.17, 15) is 19.8 Å². The van der Waals surface area contributed by atoms with Gasteiger partial charge in [-0.05, 0) is 75.6 Å². The summed E-state index contributed by atoms with van der Waals surface area (Å²) >= 11 is 1.32. The van der Waals surface area contributed by atoms with E-state index in [2.05, 4.69) is 45.3 Å². The molecule has 2 amide bonds. The van der Waals surface area contributed by atoms with Crippen LogP contribution in [0.25, 0.3) is 0 Å². The number of thiophene rings is 1. The summed E-state index contributed by atoms with van der Waals surface area (Å²) in [6, 6.07) is 8.01. The minimum absolute atomic E-state index is 0.193. The lowest BCUT2D eigenvalue weighted by Crippen LogP contribution is -2.54. The molecule has 3 heterocycles. The highest BCUT2D eigenvalue weighted by atomic mass is 32.1. The Balaban J connectivity index is 1.41. The minimum atomic E-state index is -0.452. The quantitative estimate of drug-likeness (QED) is 0.355. The zero-order chi connectivity index (χ0) is 26.8. The molecule has 5 N–H and O–H groups in total. The molecule has 2 atom stereocenters. The molecule has 204 valence electrons. The normalized spacial score (nSPS) is 25.2. The number of nitrogens with zero attached hydrogens (tertiary/aromatic N) is 2. The summed E-state index contributed by atoms with van der Waals surface area (Å²) in [4.78, 5) is 30.6. The molecule has 9 nitrogen and oxygen atoms in total. The second-order valence-electron chi connectivity index (χ2n) is 10.5. The number of aliphatic hydroxyl groups is 2. The number of fused-ring (bicyclic) bond motifs is 1. The summed E-state index contributed by atoms with van der Waals surface area (Å²) in [6.45, 7) is 6.83. The number of anilines is 4. The van der Waals surface area contributed by atoms with Crippen LogP contribution in [0, 0.1) is 6.92 Å². The second-order valence-corrected chi connectivity index (χ2v) is 11.5. The van der Waals surface area contributed by atoms with E-state index in [1.807, 2.05) is 12.1 Å². The number of hydrogen-bond acceptors (Lipinski definition) is 8. The Morgan fingerprint density at radius 2 is 1.92 bits per heavy atom. The van der Waals surface area contributed by atoms with Crippen molar-refractivity contribution >= 4 is 45.2 Å². The summed E-state index contributed by atoms with van der Waals surface area (Å²) in [6.07, 6.45) is 5.84. The third kappa shape index (κ3) is 5.52. The van der Waals surface area contributed by atoms with E-state index in [1.54, 1.807) is 6.07 Å². The van der Waals surface area contributed by atoms with E-state index in [0.717, 1.165) is 73.4 Å². The fourth-order valence-corrected chi connectivity index (χ4v) is 6.85. The van der Waals surface area contributed by atoms with Gasteiger partial charge >= 0.3 is 0 Å². The maximum atomic E-state index is 13.6. The fraction of sp³-hybridized carbons (Fsp3) is 0.500. The molecule has 2 aromatic rings. The first-order valence-corrected chi connectivity index (χ1v) is 14.3. The Kier molecular flexibility index (Phi) is 7.92. The van der Waals surface area contributed by atoms with Gasteiger partial charge in [0.1, 0.15) is 5.00 Å². The van der Waals surface area contributed by atoms with Gasteiger partial charge in [-0.25, -0.2) is 0 Å². The van der Waals surface area contributed by atoms with E-state index in [-0.39, 0.29) is 24.0 Å². The van der Waals surface area contributed by atoms with Gasteiger partial charge < -0.3 is 36.0 Å². The number of aryl methyl sites for hydroxylation is 1. The Hall–Kier alpha value is -3.08. The van der Waals surface area contributed by atoms with Gasteiger partial charge in [-0.2, -0.15) is 0 Å². The van der Waals surface area contributed by atoms with Crippen LogP contribution in [0.15, 0.2) is 36.9 Å². The van der Waals surface area contributed by atoms with Gasteiger partial charge in [-0.1, -0.05) is 18.7 Å². The van der Waals surface area contributed by atoms with Gasteiger partial charge in [0.2, 0.25) is 5.91 Å². The maximum absolute atomic E-state index is 13.6. The average Bonchev–Trinajstić information content (AvgIpc) is 3.41. The first-order valence-electron chi connectivity index (χ1n) is 13.5. The zero-order valence-corrected chi connectivity index (χ0v) is 22.6. The molecule has 2 aliphatic heterocycles. The zero-order valence-electron chi connectivity index (χ0n) is 21.8. The van der Waals surface area contributed by atoms with Crippen molar-refractivity contribution in [2.75, 3.05) is 33.5 Å². The van der Waals surface area contributed by atoms with E-state index in [4.69, 9.17) is 0 Å². The Morgan fingerprint density at radius 3 is 2.68 bits per heavy atom. The number of rotatable bonds is 6. The summed E-state index contributed by atoms with van der Waals surface area (Å²) in [5.74, 6) is -0.588. The molecule has 1 aliphatic carbocycles. The molecule has 5 rings (SSSR count). The van der Waals surface area contributed by atoms with Gasteiger partial charge in [-0.15, -0.1) is 11.3 Å². The molecule has 38 heavy (non-hydrogen) atoms. The molecule has 1 aromatic heterocycles. The minimum Gasteiger partial charge on any atom is -0.393 e. The smallest absolute Gasteiger partial charge is 0.264 e. The maximum Gasteiger partial charge on any atom is 0.264 e. The standard InChI is InChI=1S/C28H37N5O4S/c1-3-24(36)29-22-15-23(38-27(22)32-14-5-4-8-20(35)16-32)26(37)31-28-30-21-9-6-7-17(2)25(21)33(28)18-10-12-19(34)13-11-18/h3,6-7,9,15,18-20,28,30,34-35H,1,4-5,8,10-14,16H2,2H3,(H,29,36)(H,31,37)/t18?,19?,20-,28?/m0/s1. The number of amides is 2. The van der Waals surface area contributed by atoms with Crippen LogP contribution >= 0.6 is 11.3 Å². The van der Waals surface area contributed by atoms with Gasteiger partial charge in [0, 0.05) is 19.1 Å². The molecule has 0 spiro atoms. The average molecular weight is 540 g/mol. The molecule has 0 bridgehead atoms. The van der Waals surface area contributed by atoms with Crippen molar-refractivity contribution < 1.29 is 19.8 Å².